The molecule has 152 valence electrons. The van der Waals surface area contributed by atoms with Gasteiger partial charge in [-0.3, -0.25) is 4.98 Å². The molecule has 0 aliphatic carbocycles. The number of methoxy groups -OCH3 is 1. The Labute approximate surface area is 174 Å². The number of H-pyrrole nitrogens is 1. The Morgan fingerprint density at radius 3 is 2.30 bits per heavy atom. The highest BCUT2D eigenvalue weighted by Gasteiger charge is 2.19. The number of aromatic nitrogens is 5. The number of aryl methyl sites for hydroxylation is 2. The summed E-state index contributed by atoms with van der Waals surface area (Å²) in [5.74, 6) is 1.24. The summed E-state index contributed by atoms with van der Waals surface area (Å²) in [6.45, 7) is 3.87. The first-order valence-electron chi connectivity index (χ1n) is 9.78. The Hall–Kier alpha value is -3.58. The predicted molar refractivity (Wildman–Crippen MR) is 115 cm³/mol. The molecule has 0 saturated carbocycles. The topological polar surface area (TPSA) is 96.8 Å². The van der Waals surface area contributed by atoms with Gasteiger partial charge in [-0.25, -0.2) is 0 Å². The number of benzene rings is 2. The van der Waals surface area contributed by atoms with Crippen LogP contribution in [0, 0.1) is 6.92 Å². The molecule has 0 atom stereocenters. The molecule has 0 spiro atoms. The zero-order chi connectivity index (χ0) is 21.1. The van der Waals surface area contributed by atoms with Crippen molar-refractivity contribution in [3.8, 4) is 39.4 Å². The van der Waals surface area contributed by atoms with E-state index in [0.29, 0.717) is 11.6 Å². The number of aliphatic hydroxyl groups excluding tert-OH is 1. The number of aromatic amines is 1. The van der Waals surface area contributed by atoms with E-state index in [1.165, 1.54) is 0 Å². The van der Waals surface area contributed by atoms with Gasteiger partial charge < -0.3 is 9.84 Å². The zero-order valence-corrected chi connectivity index (χ0v) is 17.2. The van der Waals surface area contributed by atoms with Crippen molar-refractivity contribution >= 4 is 0 Å². The smallest absolute Gasteiger partial charge is 0.205 e. The summed E-state index contributed by atoms with van der Waals surface area (Å²) in [6, 6.07) is 16.1. The molecule has 0 saturated heterocycles. The van der Waals surface area contributed by atoms with Crippen molar-refractivity contribution in [2.75, 3.05) is 7.11 Å². The molecule has 2 N–H and O–H groups in total. The van der Waals surface area contributed by atoms with Crippen LogP contribution in [0.25, 0.3) is 33.6 Å². The van der Waals surface area contributed by atoms with Crippen molar-refractivity contribution in [2.24, 2.45) is 0 Å². The third-order valence-electron chi connectivity index (χ3n) is 5.20. The number of aliphatic hydroxyl groups is 1. The Morgan fingerprint density at radius 2 is 1.70 bits per heavy atom. The van der Waals surface area contributed by atoms with E-state index in [1.54, 1.807) is 7.11 Å². The van der Waals surface area contributed by atoms with Gasteiger partial charge in [-0.2, -0.15) is 5.21 Å². The number of pyridine rings is 1. The lowest BCUT2D eigenvalue weighted by Crippen LogP contribution is -2.05. The molecule has 0 aliphatic heterocycles. The number of tetrazole rings is 1. The minimum Gasteiger partial charge on any atom is -0.494 e. The van der Waals surface area contributed by atoms with Crippen LogP contribution in [-0.4, -0.2) is 37.8 Å². The Morgan fingerprint density at radius 1 is 1.00 bits per heavy atom. The van der Waals surface area contributed by atoms with E-state index in [4.69, 9.17) is 4.74 Å². The SMILES string of the molecule is CCc1nc(C)c(OC)c(-c2ccc(-c3ccccc3-c3nn[nH]n3)cc2)c1CO. The number of rotatable bonds is 6. The second-order valence-electron chi connectivity index (χ2n) is 6.90. The van der Waals surface area contributed by atoms with Crippen LogP contribution < -0.4 is 4.74 Å². The van der Waals surface area contributed by atoms with Crippen LogP contribution in [-0.2, 0) is 13.0 Å². The third kappa shape index (κ3) is 3.44. The van der Waals surface area contributed by atoms with Gasteiger partial charge in [-0.1, -0.05) is 55.5 Å². The summed E-state index contributed by atoms with van der Waals surface area (Å²) < 4.78 is 5.65. The first-order valence-corrected chi connectivity index (χ1v) is 9.78. The van der Waals surface area contributed by atoms with Crippen LogP contribution in [0.3, 0.4) is 0 Å². The molecule has 7 nitrogen and oxygen atoms in total. The number of ether oxygens (including phenoxy) is 1. The summed E-state index contributed by atoms with van der Waals surface area (Å²) in [5.41, 5.74) is 7.32. The summed E-state index contributed by atoms with van der Waals surface area (Å²) in [6.07, 6.45) is 0.740. The molecule has 2 aromatic carbocycles. The Kier molecular flexibility index (Phi) is 5.54. The summed E-state index contributed by atoms with van der Waals surface area (Å²) in [4.78, 5) is 4.62. The maximum atomic E-state index is 10.1. The normalized spacial score (nSPS) is 10.9. The zero-order valence-electron chi connectivity index (χ0n) is 17.2. The van der Waals surface area contributed by atoms with E-state index in [2.05, 4.69) is 37.7 Å². The lowest BCUT2D eigenvalue weighted by Gasteiger charge is -2.18. The van der Waals surface area contributed by atoms with Gasteiger partial charge >= 0.3 is 0 Å². The van der Waals surface area contributed by atoms with Crippen LogP contribution in [0.2, 0.25) is 0 Å². The van der Waals surface area contributed by atoms with E-state index in [1.807, 2.05) is 50.2 Å². The molecule has 4 rings (SSSR count). The van der Waals surface area contributed by atoms with Crippen LogP contribution in [0.5, 0.6) is 5.75 Å². The van der Waals surface area contributed by atoms with Crippen LogP contribution >= 0.6 is 0 Å². The van der Waals surface area contributed by atoms with Crippen LogP contribution in [0.15, 0.2) is 48.5 Å². The Bertz CT molecular complexity index is 1160. The molecule has 0 bridgehead atoms. The van der Waals surface area contributed by atoms with Gasteiger partial charge in [0.1, 0.15) is 5.75 Å². The minimum atomic E-state index is -0.0927. The highest BCUT2D eigenvalue weighted by molar-refractivity contribution is 5.83. The summed E-state index contributed by atoms with van der Waals surface area (Å²) in [7, 11) is 1.63. The van der Waals surface area contributed by atoms with E-state index >= 15 is 0 Å². The highest BCUT2D eigenvalue weighted by Crippen LogP contribution is 2.38. The largest absolute Gasteiger partial charge is 0.494 e. The van der Waals surface area contributed by atoms with Crippen molar-refractivity contribution < 1.29 is 9.84 Å². The summed E-state index contributed by atoms with van der Waals surface area (Å²) >= 11 is 0. The second kappa shape index (κ2) is 8.42. The number of nitrogens with one attached hydrogen (secondary N) is 1. The highest BCUT2D eigenvalue weighted by atomic mass is 16.5. The number of hydrogen-bond donors (Lipinski definition) is 2. The van der Waals surface area contributed by atoms with Crippen LogP contribution in [0.1, 0.15) is 23.9 Å². The van der Waals surface area contributed by atoms with Gasteiger partial charge in [0.05, 0.1) is 19.4 Å². The van der Waals surface area contributed by atoms with E-state index in [0.717, 1.165) is 51.2 Å². The van der Waals surface area contributed by atoms with Gasteiger partial charge in [0.25, 0.3) is 0 Å². The molecular weight excluding hydrogens is 378 g/mol. The first kappa shape index (κ1) is 19.7. The van der Waals surface area contributed by atoms with Crippen molar-refractivity contribution in [2.45, 2.75) is 26.9 Å². The molecule has 0 aliphatic rings. The third-order valence-corrected chi connectivity index (χ3v) is 5.20. The average molecular weight is 401 g/mol. The molecule has 0 radical (unpaired) electrons. The quantitative estimate of drug-likeness (QED) is 0.507. The first-order chi connectivity index (χ1) is 14.7. The average Bonchev–Trinajstić information content (AvgIpc) is 3.33. The van der Waals surface area contributed by atoms with Crippen molar-refractivity contribution in [1.29, 1.82) is 0 Å². The van der Waals surface area contributed by atoms with Crippen molar-refractivity contribution in [3.63, 3.8) is 0 Å². The maximum Gasteiger partial charge on any atom is 0.205 e. The minimum absolute atomic E-state index is 0.0927. The fraction of sp³-hybridized carbons (Fsp3) is 0.217. The summed E-state index contributed by atoms with van der Waals surface area (Å²) in [5, 5.41) is 24.5. The van der Waals surface area contributed by atoms with E-state index < -0.39 is 0 Å². The standard InChI is InChI=1S/C23H23N5O2/c1-4-20-19(13-29)21(22(30-3)14(2)24-20)16-11-9-15(10-12-16)17-7-5-6-8-18(17)23-25-27-28-26-23/h5-12,29H,4,13H2,1-3H3,(H,25,26,27,28). The van der Waals surface area contributed by atoms with Gasteiger partial charge in [0.2, 0.25) is 5.82 Å². The number of nitrogens with zero attached hydrogens (tertiary/aromatic N) is 4. The molecule has 0 amide bonds. The lowest BCUT2D eigenvalue weighted by molar-refractivity contribution is 0.279. The predicted octanol–water partition coefficient (Wildman–Crippen LogP) is 3.97. The fourth-order valence-corrected chi connectivity index (χ4v) is 3.82. The molecule has 0 fully saturated rings. The Balaban J connectivity index is 1.83. The van der Waals surface area contributed by atoms with Crippen molar-refractivity contribution in [3.05, 3.63) is 65.5 Å². The molecule has 4 aromatic rings. The van der Waals surface area contributed by atoms with Crippen LogP contribution in [0.4, 0.5) is 0 Å². The molecule has 0 unspecified atom stereocenters. The monoisotopic (exact) mass is 401 g/mol. The maximum absolute atomic E-state index is 10.1. The molecule has 2 heterocycles. The van der Waals surface area contributed by atoms with Crippen molar-refractivity contribution in [1.82, 2.24) is 25.6 Å². The van der Waals surface area contributed by atoms with Gasteiger partial charge in [0.15, 0.2) is 0 Å². The molecular formula is C23H23N5O2. The van der Waals surface area contributed by atoms with Gasteiger partial charge in [-0.15, -0.1) is 10.2 Å². The second-order valence-corrected chi connectivity index (χ2v) is 6.90. The van der Waals surface area contributed by atoms with E-state index in [9.17, 15) is 5.11 Å². The van der Waals surface area contributed by atoms with Gasteiger partial charge in [-0.05, 0) is 35.2 Å². The molecule has 7 heteroatoms. The molecule has 30 heavy (non-hydrogen) atoms. The van der Waals surface area contributed by atoms with E-state index in [-0.39, 0.29) is 6.61 Å². The van der Waals surface area contributed by atoms with Gasteiger partial charge in [0, 0.05) is 22.4 Å². The molecule has 2 aromatic heterocycles. The lowest BCUT2D eigenvalue weighted by atomic mass is 9.93. The number of hydrogen-bond acceptors (Lipinski definition) is 6. The fourth-order valence-electron chi connectivity index (χ4n) is 3.82.